The summed E-state index contributed by atoms with van der Waals surface area (Å²) in [5.74, 6) is 0.493. The van der Waals surface area contributed by atoms with Crippen molar-refractivity contribution < 1.29 is 13.9 Å². The van der Waals surface area contributed by atoms with Gasteiger partial charge in [-0.05, 0) is 50.7 Å². The van der Waals surface area contributed by atoms with Gasteiger partial charge in [-0.2, -0.15) is 0 Å². The minimum atomic E-state index is -0.456. The third-order valence-electron chi connectivity index (χ3n) is 4.07. The lowest BCUT2D eigenvalue weighted by atomic mass is 10.1. The average molecular weight is 376 g/mol. The summed E-state index contributed by atoms with van der Waals surface area (Å²) in [6, 6.07) is 8.06. The van der Waals surface area contributed by atoms with E-state index in [2.05, 4.69) is 27.2 Å². The maximum absolute atomic E-state index is 12.1. The van der Waals surface area contributed by atoms with Crippen molar-refractivity contribution in [1.29, 1.82) is 0 Å². The number of amides is 1. The zero-order valence-electron chi connectivity index (χ0n) is 15.3. The molecule has 0 bridgehead atoms. The van der Waals surface area contributed by atoms with Crippen molar-refractivity contribution in [2.45, 2.75) is 32.9 Å². The van der Waals surface area contributed by atoms with E-state index in [0.717, 1.165) is 25.2 Å². The van der Waals surface area contributed by atoms with Crippen molar-refractivity contribution in [3.8, 4) is 11.5 Å². The van der Waals surface area contributed by atoms with Crippen molar-refractivity contribution >= 4 is 18.3 Å². The Kier molecular flexibility index (Phi) is 5.43. The molecule has 1 fully saturated rings. The van der Waals surface area contributed by atoms with E-state index >= 15 is 0 Å². The van der Waals surface area contributed by atoms with Gasteiger partial charge in [0.05, 0.1) is 0 Å². The van der Waals surface area contributed by atoms with E-state index in [4.69, 9.17) is 21.4 Å². The number of hydrogen-bond donors (Lipinski definition) is 1. The van der Waals surface area contributed by atoms with Crippen LogP contribution in [0.1, 0.15) is 26.3 Å². The monoisotopic (exact) mass is 376 g/mol. The number of nitrogens with zero attached hydrogens (tertiary/aromatic N) is 3. The molecule has 26 heavy (non-hydrogen) atoms. The van der Waals surface area contributed by atoms with E-state index < -0.39 is 5.60 Å². The number of hydrogen-bond acceptors (Lipinski definition) is 6. The lowest BCUT2D eigenvalue weighted by Crippen LogP contribution is -2.49. The maximum atomic E-state index is 12.1. The predicted octanol–water partition coefficient (Wildman–Crippen LogP) is 3.45. The van der Waals surface area contributed by atoms with Gasteiger partial charge in [0.25, 0.3) is 4.84 Å². The number of ether oxygens (including phenoxy) is 1. The molecule has 2 heterocycles. The number of aromatic nitrogens is 2. The van der Waals surface area contributed by atoms with Gasteiger partial charge in [0.15, 0.2) is 0 Å². The fourth-order valence-electron chi connectivity index (χ4n) is 2.78. The van der Waals surface area contributed by atoms with Gasteiger partial charge < -0.3 is 14.1 Å². The van der Waals surface area contributed by atoms with Gasteiger partial charge in [-0.3, -0.25) is 4.90 Å². The van der Waals surface area contributed by atoms with Gasteiger partial charge in [-0.25, -0.2) is 9.89 Å². The second kappa shape index (κ2) is 7.59. The zero-order chi connectivity index (χ0) is 18.7. The molecule has 1 saturated heterocycles. The molecule has 0 spiro atoms. The van der Waals surface area contributed by atoms with Crippen LogP contribution in [0, 0.1) is 4.84 Å². The molecule has 1 amide bonds. The Bertz CT molecular complexity index is 799. The van der Waals surface area contributed by atoms with Crippen LogP contribution in [0.5, 0.6) is 0 Å². The number of H-pyrrole nitrogens is 1. The number of nitrogens with one attached hydrogen (secondary N) is 1. The highest BCUT2D eigenvalue weighted by atomic mass is 32.1. The summed E-state index contributed by atoms with van der Waals surface area (Å²) in [7, 11) is 0. The van der Waals surface area contributed by atoms with Crippen LogP contribution in [-0.2, 0) is 11.3 Å². The second-order valence-corrected chi connectivity index (χ2v) is 7.73. The van der Waals surface area contributed by atoms with E-state index in [1.54, 1.807) is 4.90 Å². The minimum Gasteiger partial charge on any atom is -0.444 e. The van der Waals surface area contributed by atoms with E-state index in [0.29, 0.717) is 19.0 Å². The SMILES string of the molecule is CC(C)(C)OC(=O)N1CCN(Cc2ccc(-c3n[nH]c(=S)o3)cc2)CC1. The van der Waals surface area contributed by atoms with Crippen molar-refractivity contribution in [3.05, 3.63) is 34.7 Å². The first-order valence-corrected chi connectivity index (χ1v) is 9.06. The van der Waals surface area contributed by atoms with Crippen LogP contribution in [0.15, 0.2) is 28.7 Å². The third-order valence-corrected chi connectivity index (χ3v) is 4.24. The molecule has 1 aromatic heterocycles. The molecule has 3 rings (SSSR count). The molecule has 0 unspecified atom stereocenters. The summed E-state index contributed by atoms with van der Waals surface area (Å²) >= 11 is 4.90. The Morgan fingerprint density at radius 1 is 1.23 bits per heavy atom. The number of piperazine rings is 1. The highest BCUT2D eigenvalue weighted by Crippen LogP contribution is 2.19. The fraction of sp³-hybridized carbons (Fsp3) is 0.500. The number of benzene rings is 1. The Hall–Kier alpha value is -2.19. The molecule has 1 aliphatic rings. The van der Waals surface area contributed by atoms with Crippen LogP contribution in [0.3, 0.4) is 0 Å². The van der Waals surface area contributed by atoms with Gasteiger partial charge in [-0.1, -0.05) is 12.1 Å². The zero-order valence-corrected chi connectivity index (χ0v) is 16.1. The summed E-state index contributed by atoms with van der Waals surface area (Å²) in [5.41, 5.74) is 1.63. The van der Waals surface area contributed by atoms with Gasteiger partial charge in [0.2, 0.25) is 5.89 Å². The molecule has 2 aromatic rings. The van der Waals surface area contributed by atoms with Crippen molar-refractivity contribution in [2.24, 2.45) is 0 Å². The van der Waals surface area contributed by atoms with Gasteiger partial charge >= 0.3 is 6.09 Å². The molecular weight excluding hydrogens is 352 g/mol. The first kappa shape index (κ1) is 18.6. The maximum Gasteiger partial charge on any atom is 0.410 e. The number of carbonyl (C=O) groups excluding carboxylic acids is 1. The largest absolute Gasteiger partial charge is 0.444 e. The van der Waals surface area contributed by atoms with Gasteiger partial charge in [-0.15, -0.1) is 5.10 Å². The third kappa shape index (κ3) is 4.92. The summed E-state index contributed by atoms with van der Waals surface area (Å²) in [6.07, 6.45) is -0.231. The van der Waals surface area contributed by atoms with Gasteiger partial charge in [0, 0.05) is 38.3 Å². The van der Waals surface area contributed by atoms with Crippen LogP contribution in [0.2, 0.25) is 0 Å². The van der Waals surface area contributed by atoms with Crippen LogP contribution in [0.4, 0.5) is 4.79 Å². The standard InChI is InChI=1S/C18H24N4O3S/c1-18(2,3)25-17(23)22-10-8-21(9-11-22)12-13-4-6-14(7-5-13)15-19-20-16(26)24-15/h4-7H,8-12H2,1-3H3,(H,20,26). The summed E-state index contributed by atoms with van der Waals surface area (Å²) < 4.78 is 10.7. The molecule has 7 nitrogen and oxygen atoms in total. The van der Waals surface area contributed by atoms with Gasteiger partial charge in [0.1, 0.15) is 5.60 Å². The fourth-order valence-corrected chi connectivity index (χ4v) is 2.90. The first-order chi connectivity index (χ1) is 12.3. The number of carbonyl (C=O) groups is 1. The number of aromatic amines is 1. The molecule has 0 radical (unpaired) electrons. The number of rotatable bonds is 3. The Labute approximate surface area is 157 Å². The second-order valence-electron chi connectivity index (χ2n) is 7.36. The lowest BCUT2D eigenvalue weighted by molar-refractivity contribution is 0.0139. The molecule has 140 valence electrons. The molecule has 0 aliphatic carbocycles. The lowest BCUT2D eigenvalue weighted by Gasteiger charge is -2.35. The minimum absolute atomic E-state index is 0.231. The van der Waals surface area contributed by atoms with Crippen molar-refractivity contribution in [2.75, 3.05) is 26.2 Å². The van der Waals surface area contributed by atoms with Crippen LogP contribution in [-0.4, -0.2) is 57.9 Å². The van der Waals surface area contributed by atoms with E-state index in [9.17, 15) is 4.79 Å². The Morgan fingerprint density at radius 3 is 2.42 bits per heavy atom. The summed E-state index contributed by atoms with van der Waals surface area (Å²) in [4.78, 5) is 16.5. The molecular formula is C18H24N4O3S. The topological polar surface area (TPSA) is 74.6 Å². The van der Waals surface area contributed by atoms with E-state index in [1.807, 2.05) is 32.9 Å². The summed E-state index contributed by atoms with van der Waals surface area (Å²) in [5, 5.41) is 6.65. The van der Waals surface area contributed by atoms with E-state index in [1.165, 1.54) is 5.56 Å². The van der Waals surface area contributed by atoms with Crippen LogP contribution >= 0.6 is 12.2 Å². The Morgan fingerprint density at radius 2 is 1.88 bits per heavy atom. The molecule has 0 atom stereocenters. The molecule has 1 aromatic carbocycles. The Balaban J connectivity index is 1.51. The average Bonchev–Trinajstić information content (AvgIpc) is 3.01. The van der Waals surface area contributed by atoms with Crippen molar-refractivity contribution in [1.82, 2.24) is 20.0 Å². The van der Waals surface area contributed by atoms with E-state index in [-0.39, 0.29) is 10.9 Å². The normalized spacial score (nSPS) is 15.9. The van der Waals surface area contributed by atoms with Crippen molar-refractivity contribution in [3.63, 3.8) is 0 Å². The molecule has 1 N–H and O–H groups in total. The molecule has 1 aliphatic heterocycles. The smallest absolute Gasteiger partial charge is 0.410 e. The molecule has 8 heteroatoms. The van der Waals surface area contributed by atoms with Crippen LogP contribution < -0.4 is 0 Å². The summed E-state index contributed by atoms with van der Waals surface area (Å²) in [6.45, 7) is 9.52. The van der Waals surface area contributed by atoms with Crippen LogP contribution in [0.25, 0.3) is 11.5 Å². The quantitative estimate of drug-likeness (QED) is 0.827. The first-order valence-electron chi connectivity index (χ1n) is 8.65. The highest BCUT2D eigenvalue weighted by molar-refractivity contribution is 7.71. The highest BCUT2D eigenvalue weighted by Gasteiger charge is 2.25. The molecule has 0 saturated carbocycles. The predicted molar refractivity (Wildman–Crippen MR) is 100 cm³/mol.